The highest BCUT2D eigenvalue weighted by molar-refractivity contribution is 5.80. The predicted octanol–water partition coefficient (Wildman–Crippen LogP) is 3.84. The van der Waals surface area contributed by atoms with Crippen molar-refractivity contribution < 1.29 is 9.47 Å². The van der Waals surface area contributed by atoms with E-state index in [0.29, 0.717) is 5.92 Å². The SMILES string of the molecule is COc1ccc2c(c1)C(C)c1cc(OC)ccc1-2. The topological polar surface area (TPSA) is 18.5 Å². The van der Waals surface area contributed by atoms with Crippen molar-refractivity contribution in [3.8, 4) is 22.6 Å². The summed E-state index contributed by atoms with van der Waals surface area (Å²) in [5.41, 5.74) is 5.28. The van der Waals surface area contributed by atoms with Crippen molar-refractivity contribution in [1.29, 1.82) is 0 Å². The van der Waals surface area contributed by atoms with Gasteiger partial charge in [-0.2, -0.15) is 0 Å². The number of rotatable bonds is 2. The van der Waals surface area contributed by atoms with E-state index in [4.69, 9.17) is 9.47 Å². The second-order valence-corrected chi connectivity index (χ2v) is 4.63. The van der Waals surface area contributed by atoms with Gasteiger partial charge in [0.05, 0.1) is 14.2 Å². The molecule has 92 valence electrons. The zero-order chi connectivity index (χ0) is 12.7. The highest BCUT2D eigenvalue weighted by Gasteiger charge is 2.26. The first kappa shape index (κ1) is 11.1. The maximum atomic E-state index is 5.31. The Morgan fingerprint density at radius 2 is 1.22 bits per heavy atom. The summed E-state index contributed by atoms with van der Waals surface area (Å²) in [6.07, 6.45) is 0. The molecule has 0 N–H and O–H groups in total. The lowest BCUT2D eigenvalue weighted by atomic mass is 9.99. The maximum absolute atomic E-state index is 5.31. The van der Waals surface area contributed by atoms with Gasteiger partial charge in [-0.15, -0.1) is 0 Å². The molecule has 0 heterocycles. The normalized spacial score (nSPS) is 13.1. The Bertz CT molecular complexity index is 549. The van der Waals surface area contributed by atoms with Crippen molar-refractivity contribution in [2.75, 3.05) is 14.2 Å². The molecule has 0 spiro atoms. The Hall–Kier alpha value is -1.96. The molecule has 0 unspecified atom stereocenters. The van der Waals surface area contributed by atoms with Gasteiger partial charge in [0.25, 0.3) is 0 Å². The lowest BCUT2D eigenvalue weighted by Crippen LogP contribution is -1.92. The average Bonchev–Trinajstić information content (AvgIpc) is 2.71. The van der Waals surface area contributed by atoms with Gasteiger partial charge in [0, 0.05) is 5.92 Å². The zero-order valence-corrected chi connectivity index (χ0v) is 10.9. The second kappa shape index (κ2) is 4.05. The van der Waals surface area contributed by atoms with Crippen LogP contribution in [-0.4, -0.2) is 14.2 Å². The minimum atomic E-state index is 0.389. The number of ether oxygens (including phenoxy) is 2. The van der Waals surface area contributed by atoms with Gasteiger partial charge in [0.2, 0.25) is 0 Å². The molecule has 0 radical (unpaired) electrons. The summed E-state index contributed by atoms with van der Waals surface area (Å²) in [5, 5.41) is 0. The van der Waals surface area contributed by atoms with Crippen LogP contribution in [0.15, 0.2) is 36.4 Å². The molecule has 2 aromatic rings. The molecule has 2 nitrogen and oxygen atoms in total. The summed E-state index contributed by atoms with van der Waals surface area (Å²) in [5.74, 6) is 2.22. The van der Waals surface area contributed by atoms with Gasteiger partial charge in [0.15, 0.2) is 0 Å². The minimum absolute atomic E-state index is 0.389. The monoisotopic (exact) mass is 240 g/mol. The van der Waals surface area contributed by atoms with Crippen LogP contribution in [0.3, 0.4) is 0 Å². The number of fused-ring (bicyclic) bond motifs is 3. The molecule has 2 aromatic carbocycles. The molecular weight excluding hydrogens is 224 g/mol. The van der Waals surface area contributed by atoms with E-state index in [-0.39, 0.29) is 0 Å². The van der Waals surface area contributed by atoms with E-state index in [1.165, 1.54) is 22.3 Å². The van der Waals surface area contributed by atoms with Gasteiger partial charge in [-0.25, -0.2) is 0 Å². The Balaban J connectivity index is 2.17. The van der Waals surface area contributed by atoms with Crippen LogP contribution < -0.4 is 9.47 Å². The molecule has 0 amide bonds. The van der Waals surface area contributed by atoms with Gasteiger partial charge < -0.3 is 9.47 Å². The fourth-order valence-corrected chi connectivity index (χ4v) is 2.71. The predicted molar refractivity (Wildman–Crippen MR) is 72.5 cm³/mol. The third kappa shape index (κ3) is 1.49. The molecule has 0 atom stereocenters. The Labute approximate surface area is 107 Å². The second-order valence-electron chi connectivity index (χ2n) is 4.63. The number of hydrogen-bond acceptors (Lipinski definition) is 2. The average molecular weight is 240 g/mol. The van der Waals surface area contributed by atoms with Crippen LogP contribution in [0, 0.1) is 0 Å². The van der Waals surface area contributed by atoms with E-state index in [1.54, 1.807) is 14.2 Å². The fourth-order valence-electron chi connectivity index (χ4n) is 2.71. The van der Waals surface area contributed by atoms with Gasteiger partial charge in [-0.3, -0.25) is 0 Å². The van der Waals surface area contributed by atoms with Crippen LogP contribution >= 0.6 is 0 Å². The molecule has 0 saturated heterocycles. The molecule has 2 heteroatoms. The van der Waals surface area contributed by atoms with Gasteiger partial charge >= 0.3 is 0 Å². The first-order valence-corrected chi connectivity index (χ1v) is 6.11. The van der Waals surface area contributed by atoms with Gasteiger partial charge in [-0.1, -0.05) is 19.1 Å². The van der Waals surface area contributed by atoms with E-state index in [1.807, 2.05) is 12.1 Å². The van der Waals surface area contributed by atoms with Crippen LogP contribution in [-0.2, 0) is 0 Å². The minimum Gasteiger partial charge on any atom is -0.497 e. The lowest BCUT2D eigenvalue weighted by Gasteiger charge is -2.08. The molecule has 18 heavy (non-hydrogen) atoms. The highest BCUT2D eigenvalue weighted by atomic mass is 16.5. The third-order valence-corrected chi connectivity index (χ3v) is 3.74. The Morgan fingerprint density at radius 3 is 1.61 bits per heavy atom. The van der Waals surface area contributed by atoms with Crippen LogP contribution in [0.4, 0.5) is 0 Å². The van der Waals surface area contributed by atoms with Crippen molar-refractivity contribution in [2.45, 2.75) is 12.8 Å². The smallest absolute Gasteiger partial charge is 0.119 e. The summed E-state index contributed by atoms with van der Waals surface area (Å²) in [7, 11) is 3.41. The molecule has 3 rings (SSSR count). The van der Waals surface area contributed by atoms with Crippen molar-refractivity contribution in [2.24, 2.45) is 0 Å². The maximum Gasteiger partial charge on any atom is 0.119 e. The molecule has 1 aliphatic rings. The van der Waals surface area contributed by atoms with E-state index in [9.17, 15) is 0 Å². The Morgan fingerprint density at radius 1 is 0.778 bits per heavy atom. The fraction of sp³-hybridized carbons (Fsp3) is 0.250. The van der Waals surface area contributed by atoms with Crippen LogP contribution in [0.2, 0.25) is 0 Å². The van der Waals surface area contributed by atoms with Crippen molar-refractivity contribution >= 4 is 0 Å². The summed E-state index contributed by atoms with van der Waals surface area (Å²) >= 11 is 0. The van der Waals surface area contributed by atoms with Crippen molar-refractivity contribution in [3.63, 3.8) is 0 Å². The molecular formula is C16H16O2. The number of benzene rings is 2. The van der Waals surface area contributed by atoms with E-state index < -0.39 is 0 Å². The first-order chi connectivity index (χ1) is 8.74. The van der Waals surface area contributed by atoms with Gasteiger partial charge in [0.1, 0.15) is 11.5 Å². The number of hydrogen-bond donors (Lipinski definition) is 0. The number of methoxy groups -OCH3 is 2. The molecule has 1 aliphatic carbocycles. The summed E-state index contributed by atoms with van der Waals surface area (Å²) in [4.78, 5) is 0. The molecule has 0 saturated carbocycles. The third-order valence-electron chi connectivity index (χ3n) is 3.74. The highest BCUT2D eigenvalue weighted by Crippen LogP contribution is 2.46. The standard InChI is InChI=1S/C16H16O2/c1-10-15-8-11(17-2)4-6-13(15)14-7-5-12(18-3)9-16(10)14/h4-10H,1-3H3. The zero-order valence-electron chi connectivity index (χ0n) is 10.9. The van der Waals surface area contributed by atoms with E-state index in [0.717, 1.165) is 11.5 Å². The molecule has 0 aromatic heterocycles. The first-order valence-electron chi connectivity index (χ1n) is 6.11. The van der Waals surface area contributed by atoms with Crippen molar-refractivity contribution in [3.05, 3.63) is 47.5 Å². The van der Waals surface area contributed by atoms with Crippen LogP contribution in [0.25, 0.3) is 11.1 Å². The summed E-state index contributed by atoms with van der Waals surface area (Å²) < 4.78 is 10.6. The van der Waals surface area contributed by atoms with E-state index >= 15 is 0 Å². The molecule has 0 aliphatic heterocycles. The largest absolute Gasteiger partial charge is 0.497 e. The Kier molecular flexibility index (Phi) is 2.51. The lowest BCUT2D eigenvalue weighted by molar-refractivity contribution is 0.414. The molecule has 0 fully saturated rings. The summed E-state index contributed by atoms with van der Waals surface area (Å²) in [6, 6.07) is 12.6. The van der Waals surface area contributed by atoms with Crippen molar-refractivity contribution in [1.82, 2.24) is 0 Å². The van der Waals surface area contributed by atoms with E-state index in [2.05, 4.69) is 31.2 Å². The molecule has 0 bridgehead atoms. The van der Waals surface area contributed by atoms with Crippen LogP contribution in [0.5, 0.6) is 11.5 Å². The van der Waals surface area contributed by atoms with Crippen LogP contribution in [0.1, 0.15) is 24.0 Å². The quantitative estimate of drug-likeness (QED) is 0.794. The van der Waals surface area contributed by atoms with Gasteiger partial charge in [-0.05, 0) is 46.5 Å². The summed E-state index contributed by atoms with van der Waals surface area (Å²) in [6.45, 7) is 2.23.